The minimum Gasteiger partial charge on any atom is -0.493 e. The number of ether oxygens (including phenoxy) is 1. The Morgan fingerprint density at radius 1 is 1.42 bits per heavy atom. The van der Waals surface area contributed by atoms with Crippen molar-refractivity contribution in [2.45, 2.75) is 13.3 Å². The number of hydrogen-bond acceptors (Lipinski definition) is 3. The van der Waals surface area contributed by atoms with Crippen LogP contribution in [-0.4, -0.2) is 43.6 Å². The third kappa shape index (κ3) is 3.61. The van der Waals surface area contributed by atoms with Crippen molar-refractivity contribution in [3.05, 3.63) is 28.8 Å². The first kappa shape index (κ1) is 14.2. The van der Waals surface area contributed by atoms with E-state index in [2.05, 4.69) is 5.32 Å². The molecule has 4 nitrogen and oxygen atoms in total. The van der Waals surface area contributed by atoms with Crippen LogP contribution in [-0.2, 0) is 0 Å². The molecule has 0 bridgehead atoms. The second kappa shape index (κ2) is 6.78. The molecule has 0 radical (unpaired) electrons. The smallest absolute Gasteiger partial charge is 0.257 e. The Morgan fingerprint density at radius 3 is 2.84 bits per heavy atom. The van der Waals surface area contributed by atoms with E-state index in [1.807, 2.05) is 11.8 Å². The molecule has 0 saturated carbocycles. The Balaban J connectivity index is 2.20. The monoisotopic (exact) mass is 282 g/mol. The van der Waals surface area contributed by atoms with Gasteiger partial charge < -0.3 is 15.0 Å². The second-order valence-electron chi connectivity index (χ2n) is 4.53. The molecule has 0 aromatic heterocycles. The van der Waals surface area contributed by atoms with Crippen LogP contribution in [0.25, 0.3) is 0 Å². The largest absolute Gasteiger partial charge is 0.493 e. The molecular formula is C14H19ClN2O2. The van der Waals surface area contributed by atoms with E-state index in [1.165, 1.54) is 0 Å². The van der Waals surface area contributed by atoms with Crippen LogP contribution < -0.4 is 10.1 Å². The first-order valence-corrected chi connectivity index (χ1v) is 7.02. The lowest BCUT2D eigenvalue weighted by Gasteiger charge is -2.28. The van der Waals surface area contributed by atoms with Crippen molar-refractivity contribution >= 4 is 17.5 Å². The molecule has 1 fully saturated rings. The molecule has 0 atom stereocenters. The summed E-state index contributed by atoms with van der Waals surface area (Å²) in [6.45, 7) is 5.74. The van der Waals surface area contributed by atoms with Gasteiger partial charge in [0.2, 0.25) is 0 Å². The fourth-order valence-electron chi connectivity index (χ4n) is 2.05. The van der Waals surface area contributed by atoms with Crippen molar-refractivity contribution in [3.63, 3.8) is 0 Å². The number of benzene rings is 1. The number of nitrogens with zero attached hydrogens (tertiary/aromatic N) is 1. The molecule has 1 aliphatic heterocycles. The number of amides is 1. The predicted octanol–water partition coefficient (Wildman–Crippen LogP) is 2.17. The summed E-state index contributed by atoms with van der Waals surface area (Å²) in [6, 6.07) is 5.21. The molecule has 1 heterocycles. The average Bonchev–Trinajstić information content (AvgIpc) is 2.46. The van der Waals surface area contributed by atoms with Gasteiger partial charge in [0.25, 0.3) is 5.91 Å². The minimum atomic E-state index is -0.00453. The van der Waals surface area contributed by atoms with Crippen LogP contribution in [0.3, 0.4) is 0 Å². The summed E-state index contributed by atoms with van der Waals surface area (Å²) in [5.41, 5.74) is 0.558. The summed E-state index contributed by atoms with van der Waals surface area (Å²) in [4.78, 5) is 14.3. The quantitative estimate of drug-likeness (QED) is 0.920. The van der Waals surface area contributed by atoms with Crippen molar-refractivity contribution in [1.29, 1.82) is 0 Å². The molecule has 1 N–H and O–H groups in total. The zero-order valence-electron chi connectivity index (χ0n) is 11.1. The van der Waals surface area contributed by atoms with Gasteiger partial charge in [-0.15, -0.1) is 0 Å². The highest BCUT2D eigenvalue weighted by Gasteiger charge is 2.21. The fourth-order valence-corrected chi connectivity index (χ4v) is 2.22. The summed E-state index contributed by atoms with van der Waals surface area (Å²) in [5.74, 6) is 0.616. The summed E-state index contributed by atoms with van der Waals surface area (Å²) in [7, 11) is 0. The molecule has 0 unspecified atom stereocenters. The lowest BCUT2D eigenvalue weighted by atomic mass is 10.1. The Hall–Kier alpha value is -1.26. The number of carbonyl (C=O) groups is 1. The van der Waals surface area contributed by atoms with Gasteiger partial charge in [-0.05, 0) is 24.6 Å². The van der Waals surface area contributed by atoms with Gasteiger partial charge in [-0.3, -0.25) is 4.79 Å². The van der Waals surface area contributed by atoms with E-state index in [-0.39, 0.29) is 5.91 Å². The number of halogens is 1. The molecular weight excluding hydrogens is 264 g/mol. The van der Waals surface area contributed by atoms with E-state index < -0.39 is 0 Å². The van der Waals surface area contributed by atoms with E-state index in [0.717, 1.165) is 32.6 Å². The Bertz CT molecular complexity index is 445. The van der Waals surface area contributed by atoms with Gasteiger partial charge in [-0.2, -0.15) is 0 Å². The molecule has 19 heavy (non-hydrogen) atoms. The number of piperazine rings is 1. The van der Waals surface area contributed by atoms with Gasteiger partial charge in [0, 0.05) is 31.2 Å². The van der Waals surface area contributed by atoms with Gasteiger partial charge in [0.15, 0.2) is 0 Å². The minimum absolute atomic E-state index is 0.00453. The number of hydrogen-bond donors (Lipinski definition) is 1. The van der Waals surface area contributed by atoms with Crippen LogP contribution in [0.4, 0.5) is 0 Å². The van der Waals surface area contributed by atoms with E-state index in [1.54, 1.807) is 18.2 Å². The average molecular weight is 283 g/mol. The third-order valence-electron chi connectivity index (χ3n) is 3.04. The molecule has 1 amide bonds. The molecule has 1 aromatic rings. The summed E-state index contributed by atoms with van der Waals surface area (Å²) in [5, 5.41) is 3.79. The molecule has 1 saturated heterocycles. The first-order valence-electron chi connectivity index (χ1n) is 6.64. The maximum absolute atomic E-state index is 12.5. The van der Waals surface area contributed by atoms with Crippen LogP contribution >= 0.6 is 11.6 Å². The van der Waals surface area contributed by atoms with E-state index in [9.17, 15) is 4.79 Å². The zero-order valence-corrected chi connectivity index (χ0v) is 11.9. The summed E-state index contributed by atoms with van der Waals surface area (Å²) in [6.07, 6.45) is 0.907. The number of carbonyl (C=O) groups excluding carboxylic acids is 1. The summed E-state index contributed by atoms with van der Waals surface area (Å²) < 4.78 is 5.63. The topological polar surface area (TPSA) is 41.6 Å². The highest BCUT2D eigenvalue weighted by Crippen LogP contribution is 2.24. The lowest BCUT2D eigenvalue weighted by Crippen LogP contribution is -2.46. The molecule has 2 rings (SSSR count). The highest BCUT2D eigenvalue weighted by atomic mass is 35.5. The molecule has 104 valence electrons. The summed E-state index contributed by atoms with van der Waals surface area (Å²) >= 11 is 6.00. The van der Waals surface area contributed by atoms with Crippen LogP contribution in [0.15, 0.2) is 18.2 Å². The van der Waals surface area contributed by atoms with Crippen LogP contribution in [0.2, 0.25) is 5.02 Å². The van der Waals surface area contributed by atoms with Crippen molar-refractivity contribution in [1.82, 2.24) is 10.2 Å². The molecule has 1 aliphatic rings. The van der Waals surface area contributed by atoms with E-state index >= 15 is 0 Å². The van der Waals surface area contributed by atoms with E-state index in [0.29, 0.717) is 22.9 Å². The molecule has 1 aromatic carbocycles. The maximum atomic E-state index is 12.5. The molecule has 0 spiro atoms. The van der Waals surface area contributed by atoms with Crippen molar-refractivity contribution in [2.75, 3.05) is 32.8 Å². The van der Waals surface area contributed by atoms with Crippen LogP contribution in [0.1, 0.15) is 23.7 Å². The molecule has 0 aliphatic carbocycles. The lowest BCUT2D eigenvalue weighted by molar-refractivity contribution is 0.0731. The maximum Gasteiger partial charge on any atom is 0.257 e. The Kier molecular flexibility index (Phi) is 5.05. The fraction of sp³-hybridized carbons (Fsp3) is 0.500. The van der Waals surface area contributed by atoms with Crippen LogP contribution in [0, 0.1) is 0 Å². The van der Waals surface area contributed by atoms with Crippen molar-refractivity contribution in [2.24, 2.45) is 0 Å². The normalized spacial score (nSPS) is 15.4. The van der Waals surface area contributed by atoms with Gasteiger partial charge >= 0.3 is 0 Å². The predicted molar refractivity (Wildman–Crippen MR) is 76.0 cm³/mol. The Morgan fingerprint density at radius 2 is 2.16 bits per heavy atom. The van der Waals surface area contributed by atoms with Gasteiger partial charge in [0.05, 0.1) is 12.2 Å². The molecule has 5 heteroatoms. The standard InChI is InChI=1S/C14H19ClN2O2/c1-2-9-19-13-4-3-11(15)10-12(13)14(18)17-7-5-16-6-8-17/h3-4,10,16H,2,5-9H2,1H3. The zero-order chi connectivity index (χ0) is 13.7. The SMILES string of the molecule is CCCOc1ccc(Cl)cc1C(=O)N1CCNCC1. The van der Waals surface area contributed by atoms with E-state index in [4.69, 9.17) is 16.3 Å². The van der Waals surface area contributed by atoms with Gasteiger partial charge in [-0.25, -0.2) is 0 Å². The number of nitrogens with one attached hydrogen (secondary N) is 1. The number of rotatable bonds is 4. The highest BCUT2D eigenvalue weighted by molar-refractivity contribution is 6.31. The van der Waals surface area contributed by atoms with Gasteiger partial charge in [0.1, 0.15) is 5.75 Å². The van der Waals surface area contributed by atoms with Crippen molar-refractivity contribution in [3.8, 4) is 5.75 Å². The Labute approximate surface area is 118 Å². The third-order valence-corrected chi connectivity index (χ3v) is 3.27. The second-order valence-corrected chi connectivity index (χ2v) is 4.97. The van der Waals surface area contributed by atoms with Gasteiger partial charge in [-0.1, -0.05) is 18.5 Å². The van der Waals surface area contributed by atoms with Crippen LogP contribution in [0.5, 0.6) is 5.75 Å². The van der Waals surface area contributed by atoms with Crippen molar-refractivity contribution < 1.29 is 9.53 Å². The first-order chi connectivity index (χ1) is 9.22.